The predicted molar refractivity (Wildman–Crippen MR) is 64.1 cm³/mol. The van der Waals surface area contributed by atoms with Gasteiger partial charge in [0.1, 0.15) is 22.3 Å². The van der Waals surface area contributed by atoms with Crippen molar-refractivity contribution in [2.45, 2.75) is 10.8 Å². The van der Waals surface area contributed by atoms with E-state index < -0.39 is 0 Å². The summed E-state index contributed by atoms with van der Waals surface area (Å²) >= 11 is 7.48. The number of aromatic nitrogens is 4. The van der Waals surface area contributed by atoms with Gasteiger partial charge in [0.15, 0.2) is 0 Å². The lowest BCUT2D eigenvalue weighted by molar-refractivity contribution is 0.530. The van der Waals surface area contributed by atoms with Gasteiger partial charge in [-0.25, -0.2) is 0 Å². The third-order valence-corrected chi connectivity index (χ3v) is 3.34. The van der Waals surface area contributed by atoms with Crippen molar-refractivity contribution in [1.29, 1.82) is 0 Å². The highest BCUT2D eigenvalue weighted by atomic mass is 35.5. The summed E-state index contributed by atoms with van der Waals surface area (Å²) in [5.74, 6) is 2.11. The molecule has 0 atom stereocenters. The van der Waals surface area contributed by atoms with E-state index in [2.05, 4.69) is 15.1 Å². The Balaban J connectivity index is 1.91. The van der Waals surface area contributed by atoms with Gasteiger partial charge < -0.3 is 4.42 Å². The quantitative estimate of drug-likeness (QED) is 0.539. The molecule has 0 unspecified atom stereocenters. The molecule has 0 bridgehead atoms. The largest absolute Gasteiger partial charge is 0.468 e. The number of hydrogen-bond donors (Lipinski definition) is 0. The van der Waals surface area contributed by atoms with E-state index in [9.17, 15) is 0 Å². The van der Waals surface area contributed by atoms with Crippen LogP contribution in [0.5, 0.6) is 0 Å². The number of rotatable bonds is 3. The molecular weight excluding hydrogens is 260 g/mol. The molecule has 0 fully saturated rings. The van der Waals surface area contributed by atoms with Gasteiger partial charge in [-0.3, -0.25) is 0 Å². The van der Waals surface area contributed by atoms with Crippen LogP contribution in [-0.2, 0) is 5.75 Å². The minimum absolute atomic E-state index is 0.410. The SMILES string of the molecule is Clc1cc(SCc2ccco2)n2ncnc2n1. The van der Waals surface area contributed by atoms with Gasteiger partial charge in [-0.2, -0.15) is 19.6 Å². The van der Waals surface area contributed by atoms with Crippen LogP contribution in [0.2, 0.25) is 5.15 Å². The molecule has 0 spiro atoms. The topological polar surface area (TPSA) is 56.2 Å². The van der Waals surface area contributed by atoms with Gasteiger partial charge in [0.05, 0.1) is 12.0 Å². The van der Waals surface area contributed by atoms with Crippen LogP contribution in [0.25, 0.3) is 5.78 Å². The van der Waals surface area contributed by atoms with E-state index in [0.29, 0.717) is 16.7 Å². The zero-order valence-electron chi connectivity index (χ0n) is 8.58. The Morgan fingerprint density at radius 3 is 3.24 bits per heavy atom. The summed E-state index contributed by atoms with van der Waals surface area (Å²) in [6.45, 7) is 0. The first-order valence-electron chi connectivity index (χ1n) is 4.84. The van der Waals surface area contributed by atoms with E-state index in [4.69, 9.17) is 16.0 Å². The maximum atomic E-state index is 5.91. The third kappa shape index (κ3) is 2.13. The fraction of sp³-hybridized carbons (Fsp3) is 0.100. The summed E-state index contributed by atoms with van der Waals surface area (Å²) in [5, 5.41) is 5.39. The van der Waals surface area contributed by atoms with Crippen LogP contribution < -0.4 is 0 Å². The lowest BCUT2D eigenvalue weighted by Crippen LogP contribution is -1.95. The van der Waals surface area contributed by atoms with Crippen molar-refractivity contribution in [3.63, 3.8) is 0 Å². The number of halogens is 1. The fourth-order valence-electron chi connectivity index (χ4n) is 1.40. The number of furan rings is 1. The van der Waals surface area contributed by atoms with Crippen LogP contribution in [0.1, 0.15) is 5.76 Å². The van der Waals surface area contributed by atoms with Crippen LogP contribution >= 0.6 is 23.4 Å². The molecule has 0 aromatic carbocycles. The molecule has 0 amide bonds. The molecule has 3 aromatic rings. The molecule has 3 heterocycles. The number of fused-ring (bicyclic) bond motifs is 1. The van der Waals surface area contributed by atoms with E-state index >= 15 is 0 Å². The van der Waals surface area contributed by atoms with Crippen LogP contribution in [0, 0.1) is 0 Å². The smallest absolute Gasteiger partial charge is 0.254 e. The molecule has 0 N–H and O–H groups in total. The standard InChI is InChI=1S/C10H7ClN4OS/c11-8-4-9(15-10(14-8)12-6-13-15)17-5-7-2-1-3-16-7/h1-4,6H,5H2. The molecule has 5 nitrogen and oxygen atoms in total. The highest BCUT2D eigenvalue weighted by molar-refractivity contribution is 7.98. The third-order valence-electron chi connectivity index (χ3n) is 2.13. The van der Waals surface area contributed by atoms with Crippen molar-refractivity contribution in [2.75, 3.05) is 0 Å². The summed E-state index contributed by atoms with van der Waals surface area (Å²) in [6.07, 6.45) is 3.11. The minimum atomic E-state index is 0.410. The average molecular weight is 267 g/mol. The normalized spacial score (nSPS) is 11.1. The van der Waals surface area contributed by atoms with Gasteiger partial charge >= 0.3 is 0 Å². The molecule has 0 saturated carbocycles. The average Bonchev–Trinajstić information content (AvgIpc) is 2.95. The fourth-order valence-corrected chi connectivity index (χ4v) is 2.54. The number of hydrogen-bond acceptors (Lipinski definition) is 5. The monoisotopic (exact) mass is 266 g/mol. The predicted octanol–water partition coefficient (Wildman–Crippen LogP) is 2.66. The molecule has 17 heavy (non-hydrogen) atoms. The molecule has 0 saturated heterocycles. The van der Waals surface area contributed by atoms with Gasteiger partial charge in [-0.1, -0.05) is 23.4 Å². The highest BCUT2D eigenvalue weighted by Gasteiger charge is 2.07. The molecular formula is C10H7ClN4OS. The summed E-state index contributed by atoms with van der Waals surface area (Å²) < 4.78 is 6.92. The second-order valence-electron chi connectivity index (χ2n) is 3.26. The Labute approximate surface area is 106 Å². The van der Waals surface area contributed by atoms with Gasteiger partial charge in [0, 0.05) is 6.07 Å². The lowest BCUT2D eigenvalue weighted by atomic mass is 10.5. The zero-order valence-corrected chi connectivity index (χ0v) is 10.1. The highest BCUT2D eigenvalue weighted by Crippen LogP contribution is 2.24. The zero-order chi connectivity index (χ0) is 11.7. The molecule has 3 aromatic heterocycles. The van der Waals surface area contributed by atoms with E-state index in [1.165, 1.54) is 6.33 Å². The summed E-state index contributed by atoms with van der Waals surface area (Å²) in [7, 11) is 0. The number of nitrogens with zero attached hydrogens (tertiary/aromatic N) is 4. The molecule has 0 aliphatic carbocycles. The molecule has 0 radical (unpaired) electrons. The molecule has 3 rings (SSSR count). The van der Waals surface area contributed by atoms with Crippen molar-refractivity contribution >= 4 is 29.1 Å². The summed E-state index contributed by atoms with van der Waals surface area (Å²) in [5.41, 5.74) is 0. The van der Waals surface area contributed by atoms with Crippen molar-refractivity contribution in [1.82, 2.24) is 19.6 Å². The van der Waals surface area contributed by atoms with Crippen molar-refractivity contribution < 1.29 is 4.42 Å². The van der Waals surface area contributed by atoms with Crippen LogP contribution in [0.4, 0.5) is 0 Å². The molecule has 86 valence electrons. The van der Waals surface area contributed by atoms with Crippen LogP contribution in [0.15, 0.2) is 40.2 Å². The van der Waals surface area contributed by atoms with E-state index in [-0.39, 0.29) is 0 Å². The van der Waals surface area contributed by atoms with Gasteiger partial charge in [0.25, 0.3) is 5.78 Å². The van der Waals surface area contributed by atoms with E-state index in [0.717, 1.165) is 10.8 Å². The minimum Gasteiger partial charge on any atom is -0.468 e. The van der Waals surface area contributed by atoms with E-state index in [1.54, 1.807) is 28.6 Å². The van der Waals surface area contributed by atoms with Gasteiger partial charge in [-0.05, 0) is 12.1 Å². The first-order chi connectivity index (χ1) is 8.33. The maximum absolute atomic E-state index is 5.91. The Morgan fingerprint density at radius 2 is 2.41 bits per heavy atom. The second-order valence-corrected chi connectivity index (χ2v) is 4.64. The van der Waals surface area contributed by atoms with Gasteiger partial charge in [-0.15, -0.1) is 0 Å². The van der Waals surface area contributed by atoms with Crippen molar-refractivity contribution in [3.8, 4) is 0 Å². The van der Waals surface area contributed by atoms with Crippen LogP contribution in [0.3, 0.4) is 0 Å². The number of thioether (sulfide) groups is 1. The molecule has 0 aliphatic rings. The lowest BCUT2D eigenvalue weighted by Gasteiger charge is -2.02. The molecule has 0 aliphatic heterocycles. The van der Waals surface area contributed by atoms with E-state index in [1.807, 2.05) is 12.1 Å². The van der Waals surface area contributed by atoms with Crippen molar-refractivity contribution in [2.24, 2.45) is 0 Å². The Hall–Kier alpha value is -1.53. The Bertz CT molecular complexity index is 637. The molecule has 7 heteroatoms. The maximum Gasteiger partial charge on any atom is 0.254 e. The second kappa shape index (κ2) is 4.38. The van der Waals surface area contributed by atoms with Crippen molar-refractivity contribution in [3.05, 3.63) is 41.7 Å². The van der Waals surface area contributed by atoms with Crippen LogP contribution in [-0.4, -0.2) is 19.6 Å². The summed E-state index contributed by atoms with van der Waals surface area (Å²) in [4.78, 5) is 8.06. The first kappa shape index (κ1) is 10.6. The first-order valence-corrected chi connectivity index (χ1v) is 6.21. The Kier molecular flexibility index (Phi) is 2.74. The summed E-state index contributed by atoms with van der Waals surface area (Å²) in [6, 6.07) is 5.55. The van der Waals surface area contributed by atoms with Gasteiger partial charge in [0.2, 0.25) is 0 Å². The Morgan fingerprint density at radius 1 is 1.47 bits per heavy atom.